The molecule has 1 aromatic carbocycles. The molecule has 0 amide bonds. The summed E-state index contributed by atoms with van der Waals surface area (Å²) < 4.78 is 0. The van der Waals surface area contributed by atoms with Gasteiger partial charge in [-0.25, -0.2) is 0 Å². The summed E-state index contributed by atoms with van der Waals surface area (Å²) >= 11 is 13.4. The van der Waals surface area contributed by atoms with Crippen LogP contribution in [0.25, 0.3) is 0 Å². The number of halogens is 2. The van der Waals surface area contributed by atoms with E-state index in [2.05, 4.69) is 12.2 Å². The predicted octanol–water partition coefficient (Wildman–Crippen LogP) is 3.45. The van der Waals surface area contributed by atoms with Crippen molar-refractivity contribution in [3.8, 4) is 0 Å². The molecule has 0 aromatic heterocycles. The van der Waals surface area contributed by atoms with Gasteiger partial charge in [0.25, 0.3) is 0 Å². The topological polar surface area (TPSA) is 32.3 Å². The Hall–Kier alpha value is 0.0700. The Bertz CT molecular complexity index is 349. The van der Waals surface area contributed by atoms with Crippen molar-refractivity contribution >= 4 is 35.0 Å². The molecule has 1 aromatic rings. The van der Waals surface area contributed by atoms with Crippen molar-refractivity contribution in [1.82, 2.24) is 5.32 Å². The van der Waals surface area contributed by atoms with Gasteiger partial charge in [-0.3, -0.25) is 0 Å². The van der Waals surface area contributed by atoms with Crippen LogP contribution in [0.3, 0.4) is 0 Å². The number of aliphatic hydroxyl groups is 1. The fourth-order valence-corrected chi connectivity index (χ4v) is 2.63. The SMILES string of the molecule is CCCNC(CO)CSc1ccc(Cl)c(Cl)c1. The van der Waals surface area contributed by atoms with Gasteiger partial charge in [-0.2, -0.15) is 0 Å². The Kier molecular flexibility index (Phi) is 7.32. The van der Waals surface area contributed by atoms with Crippen molar-refractivity contribution in [3.05, 3.63) is 28.2 Å². The first-order valence-electron chi connectivity index (χ1n) is 5.59. The average Bonchev–Trinajstić information content (AvgIpc) is 2.34. The summed E-state index contributed by atoms with van der Waals surface area (Å²) in [5.74, 6) is 0.814. The van der Waals surface area contributed by atoms with Crippen LogP contribution < -0.4 is 5.32 Å². The molecule has 2 nitrogen and oxygen atoms in total. The summed E-state index contributed by atoms with van der Waals surface area (Å²) in [7, 11) is 0. The quantitative estimate of drug-likeness (QED) is 0.756. The van der Waals surface area contributed by atoms with Crippen LogP contribution in [0.15, 0.2) is 23.1 Å². The minimum atomic E-state index is 0.120. The van der Waals surface area contributed by atoms with Gasteiger partial charge in [0.05, 0.1) is 16.7 Å². The van der Waals surface area contributed by atoms with E-state index in [1.54, 1.807) is 17.8 Å². The second kappa shape index (κ2) is 8.22. The van der Waals surface area contributed by atoms with Crippen LogP contribution in [-0.4, -0.2) is 30.1 Å². The molecule has 1 rings (SSSR count). The zero-order valence-electron chi connectivity index (χ0n) is 9.75. The number of nitrogens with one attached hydrogen (secondary N) is 1. The molecule has 0 aliphatic rings. The lowest BCUT2D eigenvalue weighted by atomic mass is 10.3. The van der Waals surface area contributed by atoms with Crippen LogP contribution in [-0.2, 0) is 0 Å². The molecular formula is C12H17Cl2NOS. The molecule has 0 bridgehead atoms. The van der Waals surface area contributed by atoms with Crippen LogP contribution in [0, 0.1) is 0 Å². The number of aliphatic hydroxyl groups excluding tert-OH is 1. The molecule has 96 valence electrons. The summed E-state index contributed by atoms with van der Waals surface area (Å²) in [5.41, 5.74) is 0. The number of rotatable bonds is 7. The van der Waals surface area contributed by atoms with Crippen LogP contribution >= 0.6 is 35.0 Å². The van der Waals surface area contributed by atoms with Crippen molar-refractivity contribution in [2.75, 3.05) is 18.9 Å². The second-order valence-corrected chi connectivity index (χ2v) is 5.63. The number of hydrogen-bond donors (Lipinski definition) is 2. The van der Waals surface area contributed by atoms with Crippen molar-refractivity contribution in [2.45, 2.75) is 24.3 Å². The molecule has 0 saturated carbocycles. The average molecular weight is 294 g/mol. The monoisotopic (exact) mass is 293 g/mol. The van der Waals surface area contributed by atoms with E-state index >= 15 is 0 Å². The molecule has 0 aliphatic heterocycles. The van der Waals surface area contributed by atoms with E-state index in [1.807, 2.05) is 12.1 Å². The van der Waals surface area contributed by atoms with Gasteiger partial charge in [-0.15, -0.1) is 11.8 Å². The minimum Gasteiger partial charge on any atom is -0.395 e. The molecule has 0 spiro atoms. The third-order valence-electron chi connectivity index (χ3n) is 2.25. The van der Waals surface area contributed by atoms with Gasteiger partial charge in [0.1, 0.15) is 0 Å². The van der Waals surface area contributed by atoms with E-state index < -0.39 is 0 Å². The van der Waals surface area contributed by atoms with Gasteiger partial charge in [-0.1, -0.05) is 30.1 Å². The maximum Gasteiger partial charge on any atom is 0.0603 e. The van der Waals surface area contributed by atoms with Crippen molar-refractivity contribution in [1.29, 1.82) is 0 Å². The Balaban J connectivity index is 2.45. The van der Waals surface area contributed by atoms with E-state index in [0.29, 0.717) is 10.0 Å². The van der Waals surface area contributed by atoms with Gasteiger partial charge < -0.3 is 10.4 Å². The van der Waals surface area contributed by atoms with Crippen molar-refractivity contribution in [2.24, 2.45) is 0 Å². The third-order valence-corrected chi connectivity index (χ3v) is 4.14. The van der Waals surface area contributed by atoms with E-state index in [4.69, 9.17) is 23.2 Å². The van der Waals surface area contributed by atoms with E-state index in [9.17, 15) is 5.11 Å². The normalized spacial score (nSPS) is 12.7. The third kappa shape index (κ3) is 5.49. The summed E-state index contributed by atoms with van der Waals surface area (Å²) in [6, 6.07) is 5.70. The first-order valence-corrected chi connectivity index (χ1v) is 7.33. The molecule has 0 radical (unpaired) electrons. The summed E-state index contributed by atoms with van der Waals surface area (Å²) in [6.45, 7) is 3.18. The van der Waals surface area contributed by atoms with Crippen LogP contribution in [0.5, 0.6) is 0 Å². The number of thioether (sulfide) groups is 1. The molecule has 0 aliphatic carbocycles. The van der Waals surface area contributed by atoms with Crippen LogP contribution in [0.1, 0.15) is 13.3 Å². The molecule has 5 heteroatoms. The van der Waals surface area contributed by atoms with Crippen LogP contribution in [0.4, 0.5) is 0 Å². The minimum absolute atomic E-state index is 0.120. The zero-order valence-corrected chi connectivity index (χ0v) is 12.1. The molecule has 17 heavy (non-hydrogen) atoms. The number of hydrogen-bond acceptors (Lipinski definition) is 3. The molecule has 0 saturated heterocycles. The second-order valence-electron chi connectivity index (χ2n) is 3.72. The molecule has 0 fully saturated rings. The largest absolute Gasteiger partial charge is 0.395 e. The summed E-state index contributed by atoms with van der Waals surface area (Å²) in [4.78, 5) is 1.07. The first kappa shape index (κ1) is 15.1. The highest BCUT2D eigenvalue weighted by Gasteiger charge is 2.07. The van der Waals surface area contributed by atoms with Gasteiger partial charge in [-0.05, 0) is 31.2 Å². The predicted molar refractivity (Wildman–Crippen MR) is 76.4 cm³/mol. The summed E-state index contributed by atoms with van der Waals surface area (Å²) in [5, 5.41) is 13.6. The highest BCUT2D eigenvalue weighted by Crippen LogP contribution is 2.28. The fraction of sp³-hybridized carbons (Fsp3) is 0.500. The highest BCUT2D eigenvalue weighted by atomic mass is 35.5. The standard InChI is InChI=1S/C12H17Cl2NOS/c1-2-5-15-9(7-16)8-17-10-3-4-11(13)12(14)6-10/h3-4,6,9,15-16H,2,5,7-8H2,1H3. The molecule has 1 unspecified atom stereocenters. The highest BCUT2D eigenvalue weighted by molar-refractivity contribution is 7.99. The lowest BCUT2D eigenvalue weighted by molar-refractivity contribution is 0.254. The maximum atomic E-state index is 9.21. The lowest BCUT2D eigenvalue weighted by Crippen LogP contribution is -2.35. The molecular weight excluding hydrogens is 277 g/mol. The Morgan fingerprint density at radius 2 is 2.12 bits per heavy atom. The number of benzene rings is 1. The van der Waals surface area contributed by atoms with Crippen molar-refractivity contribution in [3.63, 3.8) is 0 Å². The molecule has 0 heterocycles. The smallest absolute Gasteiger partial charge is 0.0603 e. The fourth-order valence-electron chi connectivity index (χ4n) is 1.29. The van der Waals surface area contributed by atoms with E-state index in [0.717, 1.165) is 23.6 Å². The zero-order chi connectivity index (χ0) is 12.7. The summed E-state index contributed by atoms with van der Waals surface area (Å²) in [6.07, 6.45) is 1.06. The van der Waals surface area contributed by atoms with Crippen molar-refractivity contribution < 1.29 is 5.11 Å². The molecule has 1 atom stereocenters. The Morgan fingerprint density at radius 1 is 1.35 bits per heavy atom. The molecule has 2 N–H and O–H groups in total. The van der Waals surface area contributed by atoms with Crippen LogP contribution in [0.2, 0.25) is 10.0 Å². The first-order chi connectivity index (χ1) is 8.17. The van der Waals surface area contributed by atoms with E-state index in [-0.39, 0.29) is 12.6 Å². The lowest BCUT2D eigenvalue weighted by Gasteiger charge is -2.15. The van der Waals surface area contributed by atoms with Gasteiger partial charge in [0.2, 0.25) is 0 Å². The van der Waals surface area contributed by atoms with E-state index in [1.165, 1.54) is 0 Å². The van der Waals surface area contributed by atoms with Gasteiger partial charge in [0.15, 0.2) is 0 Å². The van der Waals surface area contributed by atoms with Gasteiger partial charge in [0, 0.05) is 16.7 Å². The Labute approximate surface area is 117 Å². The Morgan fingerprint density at radius 3 is 2.71 bits per heavy atom. The maximum absolute atomic E-state index is 9.21. The van der Waals surface area contributed by atoms with Gasteiger partial charge >= 0.3 is 0 Å².